The molecule has 0 bridgehead atoms. The molecular formula is C37H78OSi. The lowest BCUT2D eigenvalue weighted by Crippen LogP contribution is -2.25. The van der Waals surface area contributed by atoms with Crippen molar-refractivity contribution in [3.63, 3.8) is 0 Å². The highest BCUT2D eigenvalue weighted by Gasteiger charge is 2.12. The molecule has 0 atom stereocenters. The summed E-state index contributed by atoms with van der Waals surface area (Å²) in [6.45, 7) is 10.2. The number of hydrogen-bond acceptors (Lipinski definition) is 1. The van der Waals surface area contributed by atoms with E-state index in [2.05, 4.69) is 26.6 Å². The molecule has 0 amide bonds. The van der Waals surface area contributed by atoms with Crippen LogP contribution in [0, 0.1) is 0 Å². The first kappa shape index (κ1) is 39.2. The third kappa shape index (κ3) is 38.2. The summed E-state index contributed by atoms with van der Waals surface area (Å²) < 4.78 is 5.93. The molecule has 0 aromatic heterocycles. The predicted octanol–water partition coefficient (Wildman–Crippen LogP) is 14.3. The van der Waals surface area contributed by atoms with Crippen molar-refractivity contribution in [2.45, 2.75) is 232 Å². The minimum atomic E-state index is -1.28. The fourth-order valence-electron chi connectivity index (χ4n) is 5.86. The van der Waals surface area contributed by atoms with Crippen molar-refractivity contribution >= 4 is 8.32 Å². The van der Waals surface area contributed by atoms with E-state index in [0.29, 0.717) is 0 Å². The van der Waals surface area contributed by atoms with Gasteiger partial charge in [-0.05, 0) is 26.1 Å². The molecule has 0 radical (unpaired) electrons. The van der Waals surface area contributed by atoms with Crippen LogP contribution in [-0.4, -0.2) is 14.9 Å². The summed E-state index contributed by atoms with van der Waals surface area (Å²) >= 11 is 0. The van der Waals surface area contributed by atoms with Gasteiger partial charge in [0, 0.05) is 6.61 Å². The van der Waals surface area contributed by atoms with Gasteiger partial charge in [-0.25, -0.2) is 0 Å². The lowest BCUT2D eigenvalue weighted by molar-refractivity contribution is 0.298. The maximum absolute atomic E-state index is 5.93. The van der Waals surface area contributed by atoms with E-state index in [1.807, 2.05) is 0 Å². The number of hydrogen-bond donors (Lipinski definition) is 0. The van der Waals surface area contributed by atoms with E-state index in [1.165, 1.54) is 205 Å². The molecule has 0 saturated carbocycles. The van der Waals surface area contributed by atoms with Crippen LogP contribution in [-0.2, 0) is 4.43 Å². The highest BCUT2D eigenvalue weighted by molar-refractivity contribution is 6.69. The summed E-state index contributed by atoms with van der Waals surface area (Å²) in [7, 11) is -1.28. The fraction of sp³-hybridized carbons (Fsp3) is 1.00. The van der Waals surface area contributed by atoms with Gasteiger partial charge in [0.25, 0.3) is 0 Å². The molecule has 0 saturated heterocycles. The van der Waals surface area contributed by atoms with E-state index in [4.69, 9.17) is 4.43 Å². The van der Waals surface area contributed by atoms with Gasteiger partial charge in [0.15, 0.2) is 8.32 Å². The first-order valence-corrected chi connectivity index (χ1v) is 22.1. The van der Waals surface area contributed by atoms with Gasteiger partial charge >= 0.3 is 0 Å². The summed E-state index contributed by atoms with van der Waals surface area (Å²) in [5, 5.41) is 0. The zero-order chi connectivity index (χ0) is 28.5. The Morgan fingerprint density at radius 2 is 0.462 bits per heavy atom. The van der Waals surface area contributed by atoms with Crippen LogP contribution in [0.2, 0.25) is 19.6 Å². The molecule has 0 spiro atoms. The minimum absolute atomic E-state index is 0.995. The van der Waals surface area contributed by atoms with E-state index in [9.17, 15) is 0 Å². The summed E-state index contributed by atoms with van der Waals surface area (Å²) in [5.74, 6) is 0. The molecule has 0 unspecified atom stereocenters. The quantitative estimate of drug-likeness (QED) is 0.0556. The standard InChI is InChI=1S/C37H78OSi/c1-5-6-7-8-9-10-11-12-13-14-15-16-17-18-19-20-21-22-23-24-25-26-27-28-29-30-31-32-33-34-35-36-37-38-39(2,3)4/h5-37H2,1-4H3. The second-order valence-corrected chi connectivity index (χ2v) is 18.4. The maximum atomic E-state index is 5.93. The Balaban J connectivity index is 3.04. The molecule has 0 aliphatic rings. The second kappa shape index (κ2) is 32.7. The van der Waals surface area contributed by atoms with Gasteiger partial charge in [-0.1, -0.05) is 206 Å². The lowest BCUT2D eigenvalue weighted by Gasteiger charge is -2.16. The van der Waals surface area contributed by atoms with Crippen molar-refractivity contribution in [3.05, 3.63) is 0 Å². The van der Waals surface area contributed by atoms with Gasteiger partial charge in [0.05, 0.1) is 0 Å². The molecule has 0 fully saturated rings. The van der Waals surface area contributed by atoms with Crippen LogP contribution >= 0.6 is 0 Å². The van der Waals surface area contributed by atoms with Gasteiger partial charge in [0.2, 0.25) is 0 Å². The molecule has 0 N–H and O–H groups in total. The normalized spacial score (nSPS) is 12.0. The molecular weight excluding hydrogens is 488 g/mol. The van der Waals surface area contributed by atoms with Crippen molar-refractivity contribution < 1.29 is 4.43 Å². The van der Waals surface area contributed by atoms with Crippen LogP contribution in [0.25, 0.3) is 0 Å². The van der Waals surface area contributed by atoms with Crippen molar-refractivity contribution in [2.24, 2.45) is 0 Å². The van der Waals surface area contributed by atoms with E-state index in [1.54, 1.807) is 0 Å². The van der Waals surface area contributed by atoms with Crippen molar-refractivity contribution in [1.82, 2.24) is 0 Å². The number of unbranched alkanes of at least 4 members (excludes halogenated alkanes) is 31. The van der Waals surface area contributed by atoms with Gasteiger partial charge in [-0.3, -0.25) is 0 Å². The van der Waals surface area contributed by atoms with E-state index < -0.39 is 8.32 Å². The van der Waals surface area contributed by atoms with Crippen LogP contribution in [0.1, 0.15) is 212 Å². The molecule has 0 aliphatic heterocycles. The largest absolute Gasteiger partial charge is 0.418 e. The molecule has 0 heterocycles. The smallest absolute Gasteiger partial charge is 0.183 e. The zero-order valence-corrected chi connectivity index (χ0v) is 29.2. The molecule has 0 aliphatic carbocycles. The van der Waals surface area contributed by atoms with Gasteiger partial charge in [-0.15, -0.1) is 0 Å². The third-order valence-corrected chi connectivity index (χ3v) is 9.60. The Bertz CT molecular complexity index is 430. The summed E-state index contributed by atoms with van der Waals surface area (Å²) in [6, 6.07) is 0. The van der Waals surface area contributed by atoms with Crippen LogP contribution in [0.3, 0.4) is 0 Å². The fourth-order valence-corrected chi connectivity index (χ4v) is 6.61. The Morgan fingerprint density at radius 3 is 0.641 bits per heavy atom. The van der Waals surface area contributed by atoms with Gasteiger partial charge < -0.3 is 4.43 Å². The summed E-state index contributed by atoms with van der Waals surface area (Å²) in [5.41, 5.74) is 0. The molecule has 0 aromatic carbocycles. The van der Waals surface area contributed by atoms with Gasteiger partial charge in [-0.2, -0.15) is 0 Å². The molecule has 0 aromatic rings. The molecule has 0 rings (SSSR count). The van der Waals surface area contributed by atoms with Crippen molar-refractivity contribution in [2.75, 3.05) is 6.61 Å². The Hall–Kier alpha value is 0.177. The molecule has 1 nitrogen and oxygen atoms in total. The van der Waals surface area contributed by atoms with E-state index in [-0.39, 0.29) is 0 Å². The van der Waals surface area contributed by atoms with Crippen LogP contribution in [0.4, 0.5) is 0 Å². The van der Waals surface area contributed by atoms with Crippen LogP contribution in [0.5, 0.6) is 0 Å². The highest BCUT2D eigenvalue weighted by atomic mass is 28.4. The number of rotatable bonds is 34. The zero-order valence-electron chi connectivity index (χ0n) is 28.2. The van der Waals surface area contributed by atoms with Crippen molar-refractivity contribution in [3.8, 4) is 0 Å². The topological polar surface area (TPSA) is 9.23 Å². The summed E-state index contributed by atoms with van der Waals surface area (Å²) in [6.07, 6.45) is 46.9. The van der Waals surface area contributed by atoms with Crippen molar-refractivity contribution in [1.29, 1.82) is 0 Å². The minimum Gasteiger partial charge on any atom is -0.418 e. The SMILES string of the molecule is CCCCCCCCCCCCCCCCCCCCCCCCCCCCCCCCCCO[Si](C)(C)C. The Labute approximate surface area is 250 Å². The Morgan fingerprint density at radius 1 is 0.282 bits per heavy atom. The molecule has 2 heteroatoms. The summed E-state index contributed by atoms with van der Waals surface area (Å²) in [4.78, 5) is 0. The molecule has 39 heavy (non-hydrogen) atoms. The van der Waals surface area contributed by atoms with E-state index >= 15 is 0 Å². The predicted molar refractivity (Wildman–Crippen MR) is 183 cm³/mol. The van der Waals surface area contributed by atoms with Crippen LogP contribution < -0.4 is 0 Å². The highest BCUT2D eigenvalue weighted by Crippen LogP contribution is 2.17. The maximum Gasteiger partial charge on any atom is 0.183 e. The Kier molecular flexibility index (Phi) is 32.8. The lowest BCUT2D eigenvalue weighted by atomic mass is 10.0. The second-order valence-electron chi connectivity index (χ2n) is 13.9. The first-order valence-electron chi connectivity index (χ1n) is 18.7. The molecule has 236 valence electrons. The van der Waals surface area contributed by atoms with Crippen LogP contribution in [0.15, 0.2) is 0 Å². The first-order chi connectivity index (χ1) is 19.1. The van der Waals surface area contributed by atoms with Gasteiger partial charge in [0.1, 0.15) is 0 Å². The van der Waals surface area contributed by atoms with E-state index in [0.717, 1.165) is 6.61 Å². The average molecular weight is 567 g/mol. The third-order valence-electron chi connectivity index (χ3n) is 8.53. The average Bonchev–Trinajstić information content (AvgIpc) is 2.90. The monoisotopic (exact) mass is 567 g/mol.